The maximum Gasteiger partial charge on any atom is 0.307 e. The molecule has 0 radical (unpaired) electrons. The van der Waals surface area contributed by atoms with E-state index < -0.39 is 5.97 Å². The quantitative estimate of drug-likeness (QED) is 0.685. The molecule has 3 N–H and O–H groups in total. The summed E-state index contributed by atoms with van der Waals surface area (Å²) in [5.41, 5.74) is 1.78. The van der Waals surface area contributed by atoms with Crippen LogP contribution in [0, 0.1) is 5.92 Å². The number of carboxylic acids is 1. The standard InChI is InChI=1S/C14H21NO3/c1-10(2)13(16)9-15-8-12-6-4-3-5-11(12)7-14(17)18/h3-6,10,13,15-16H,7-9H2,1-2H3,(H,17,18). The van der Waals surface area contributed by atoms with E-state index in [2.05, 4.69) is 5.32 Å². The third kappa shape index (κ3) is 4.85. The van der Waals surface area contributed by atoms with Crippen LogP contribution in [0.1, 0.15) is 25.0 Å². The minimum atomic E-state index is -0.829. The Labute approximate surface area is 108 Å². The lowest BCUT2D eigenvalue weighted by Crippen LogP contribution is -2.30. The van der Waals surface area contributed by atoms with Crippen LogP contribution >= 0.6 is 0 Å². The first-order chi connectivity index (χ1) is 8.50. The van der Waals surface area contributed by atoms with E-state index in [-0.39, 0.29) is 18.4 Å². The first-order valence-electron chi connectivity index (χ1n) is 6.18. The molecule has 0 amide bonds. The highest BCUT2D eigenvalue weighted by Gasteiger charge is 2.09. The molecule has 0 aliphatic carbocycles. The number of carboxylic acid groups (broad SMARTS) is 1. The second-order valence-corrected chi connectivity index (χ2v) is 4.78. The summed E-state index contributed by atoms with van der Waals surface area (Å²) in [4.78, 5) is 10.7. The summed E-state index contributed by atoms with van der Waals surface area (Å²) in [5, 5.41) is 21.6. The Bertz CT molecular complexity index is 390. The van der Waals surface area contributed by atoms with Crippen LogP contribution < -0.4 is 5.32 Å². The summed E-state index contributed by atoms with van der Waals surface area (Å²) in [6.07, 6.45) is -0.346. The van der Waals surface area contributed by atoms with Crippen LogP contribution in [0.3, 0.4) is 0 Å². The summed E-state index contributed by atoms with van der Waals surface area (Å²) in [6.45, 7) is 5.02. The van der Waals surface area contributed by atoms with E-state index in [1.165, 1.54) is 0 Å². The van der Waals surface area contributed by atoms with E-state index in [1.807, 2.05) is 38.1 Å². The Morgan fingerprint density at radius 2 is 1.89 bits per heavy atom. The fourth-order valence-electron chi connectivity index (χ4n) is 1.66. The molecule has 0 aliphatic heterocycles. The number of nitrogens with one attached hydrogen (secondary N) is 1. The number of aliphatic hydroxyl groups excluding tert-OH is 1. The summed E-state index contributed by atoms with van der Waals surface area (Å²) in [7, 11) is 0. The molecule has 1 atom stereocenters. The fraction of sp³-hybridized carbons (Fsp3) is 0.500. The smallest absolute Gasteiger partial charge is 0.307 e. The van der Waals surface area contributed by atoms with Gasteiger partial charge in [-0.15, -0.1) is 0 Å². The monoisotopic (exact) mass is 251 g/mol. The normalized spacial score (nSPS) is 12.7. The highest BCUT2D eigenvalue weighted by molar-refractivity contribution is 5.70. The number of aliphatic carboxylic acids is 1. The van der Waals surface area contributed by atoms with Crippen molar-refractivity contribution in [2.24, 2.45) is 5.92 Å². The molecule has 0 saturated heterocycles. The number of aliphatic hydroxyl groups is 1. The Hall–Kier alpha value is -1.39. The zero-order chi connectivity index (χ0) is 13.5. The summed E-state index contributed by atoms with van der Waals surface area (Å²) in [5.74, 6) is -0.614. The number of hydrogen-bond donors (Lipinski definition) is 3. The molecule has 4 heteroatoms. The lowest BCUT2D eigenvalue weighted by Gasteiger charge is -2.16. The largest absolute Gasteiger partial charge is 0.481 e. The minimum absolute atomic E-state index is 0.0323. The molecule has 1 aromatic rings. The number of hydrogen-bond acceptors (Lipinski definition) is 3. The second kappa shape index (κ2) is 7.13. The molecule has 0 heterocycles. The van der Waals surface area contributed by atoms with Crippen LogP contribution in [0.4, 0.5) is 0 Å². The molecule has 4 nitrogen and oxygen atoms in total. The molecule has 1 unspecified atom stereocenters. The topological polar surface area (TPSA) is 69.6 Å². The number of benzene rings is 1. The van der Waals surface area contributed by atoms with Crippen LogP contribution in [-0.4, -0.2) is 28.8 Å². The summed E-state index contributed by atoms with van der Waals surface area (Å²) >= 11 is 0. The first-order valence-corrected chi connectivity index (χ1v) is 6.18. The molecule has 0 aliphatic rings. The van der Waals surface area contributed by atoms with Gasteiger partial charge in [-0.05, 0) is 17.0 Å². The Morgan fingerprint density at radius 3 is 2.44 bits per heavy atom. The molecule has 0 aromatic heterocycles. The van der Waals surface area contributed by atoms with Gasteiger partial charge in [-0.25, -0.2) is 0 Å². The van der Waals surface area contributed by atoms with Crippen molar-refractivity contribution in [2.75, 3.05) is 6.54 Å². The van der Waals surface area contributed by atoms with Crippen molar-refractivity contribution in [1.29, 1.82) is 0 Å². The van der Waals surface area contributed by atoms with Crippen molar-refractivity contribution in [2.45, 2.75) is 32.9 Å². The van der Waals surface area contributed by atoms with Gasteiger partial charge < -0.3 is 15.5 Å². The van der Waals surface area contributed by atoms with Gasteiger partial charge in [0.15, 0.2) is 0 Å². The molecule has 18 heavy (non-hydrogen) atoms. The van der Waals surface area contributed by atoms with E-state index in [0.29, 0.717) is 13.1 Å². The first kappa shape index (κ1) is 14.7. The van der Waals surface area contributed by atoms with Crippen LogP contribution in [0.5, 0.6) is 0 Å². The van der Waals surface area contributed by atoms with Gasteiger partial charge in [-0.1, -0.05) is 38.1 Å². The third-order valence-corrected chi connectivity index (χ3v) is 2.90. The Kier molecular flexibility index (Phi) is 5.82. The minimum Gasteiger partial charge on any atom is -0.481 e. The maximum absolute atomic E-state index is 10.7. The van der Waals surface area contributed by atoms with Crippen LogP contribution in [-0.2, 0) is 17.8 Å². The second-order valence-electron chi connectivity index (χ2n) is 4.78. The molecule has 1 aromatic carbocycles. The van der Waals surface area contributed by atoms with E-state index >= 15 is 0 Å². The lowest BCUT2D eigenvalue weighted by atomic mass is 10.0. The van der Waals surface area contributed by atoms with Crippen molar-refractivity contribution >= 4 is 5.97 Å². The maximum atomic E-state index is 10.7. The number of carbonyl (C=O) groups is 1. The van der Waals surface area contributed by atoms with Crippen molar-refractivity contribution < 1.29 is 15.0 Å². The predicted molar refractivity (Wildman–Crippen MR) is 70.3 cm³/mol. The van der Waals surface area contributed by atoms with Gasteiger partial charge in [-0.3, -0.25) is 4.79 Å². The predicted octanol–water partition coefficient (Wildman–Crippen LogP) is 1.42. The van der Waals surface area contributed by atoms with Crippen molar-refractivity contribution in [3.05, 3.63) is 35.4 Å². The molecule has 0 spiro atoms. The van der Waals surface area contributed by atoms with Gasteiger partial charge >= 0.3 is 5.97 Å². The van der Waals surface area contributed by atoms with Gasteiger partial charge in [0, 0.05) is 13.1 Å². The summed E-state index contributed by atoms with van der Waals surface area (Å²) < 4.78 is 0. The fourth-order valence-corrected chi connectivity index (χ4v) is 1.66. The third-order valence-electron chi connectivity index (χ3n) is 2.90. The van der Waals surface area contributed by atoms with Gasteiger partial charge in [0.1, 0.15) is 0 Å². The van der Waals surface area contributed by atoms with Crippen LogP contribution in [0.15, 0.2) is 24.3 Å². The molecule has 1 rings (SSSR count). The summed E-state index contributed by atoms with van der Waals surface area (Å²) in [6, 6.07) is 7.46. The number of rotatable bonds is 7. The zero-order valence-electron chi connectivity index (χ0n) is 10.9. The van der Waals surface area contributed by atoms with E-state index in [9.17, 15) is 9.90 Å². The van der Waals surface area contributed by atoms with Crippen molar-refractivity contribution in [3.8, 4) is 0 Å². The molecular formula is C14H21NO3. The van der Waals surface area contributed by atoms with Gasteiger partial charge in [0.2, 0.25) is 0 Å². The molecule has 100 valence electrons. The molecule has 0 fully saturated rings. The SMILES string of the molecule is CC(C)C(O)CNCc1ccccc1CC(=O)O. The lowest BCUT2D eigenvalue weighted by molar-refractivity contribution is -0.136. The van der Waals surface area contributed by atoms with Gasteiger partial charge in [0.25, 0.3) is 0 Å². The van der Waals surface area contributed by atoms with Crippen molar-refractivity contribution in [3.63, 3.8) is 0 Å². The van der Waals surface area contributed by atoms with Crippen LogP contribution in [0.25, 0.3) is 0 Å². The van der Waals surface area contributed by atoms with E-state index in [1.54, 1.807) is 0 Å². The van der Waals surface area contributed by atoms with E-state index in [4.69, 9.17) is 5.11 Å². The molecule has 0 saturated carbocycles. The average Bonchev–Trinajstić information content (AvgIpc) is 2.30. The molecule has 0 bridgehead atoms. The van der Waals surface area contributed by atoms with Gasteiger partial charge in [0.05, 0.1) is 12.5 Å². The highest BCUT2D eigenvalue weighted by Crippen LogP contribution is 2.09. The average molecular weight is 251 g/mol. The zero-order valence-corrected chi connectivity index (χ0v) is 10.9. The van der Waals surface area contributed by atoms with Crippen molar-refractivity contribution in [1.82, 2.24) is 5.32 Å². The van der Waals surface area contributed by atoms with E-state index in [0.717, 1.165) is 11.1 Å². The van der Waals surface area contributed by atoms with Gasteiger partial charge in [-0.2, -0.15) is 0 Å². The Balaban J connectivity index is 2.53. The Morgan fingerprint density at radius 1 is 1.28 bits per heavy atom. The highest BCUT2D eigenvalue weighted by atomic mass is 16.4. The molecular weight excluding hydrogens is 230 g/mol. The van der Waals surface area contributed by atoms with Crippen LogP contribution in [0.2, 0.25) is 0 Å².